The third kappa shape index (κ3) is 38.9. The Morgan fingerprint density at radius 1 is 0.511 bits per heavy atom. The van der Waals surface area contributed by atoms with Crippen molar-refractivity contribution in [2.24, 2.45) is 0 Å². The number of aliphatic hydroxyl groups excluding tert-OH is 1. The highest BCUT2D eigenvalue weighted by molar-refractivity contribution is 5.69. The average Bonchev–Trinajstić information content (AvgIpc) is 3.08. The van der Waals surface area contributed by atoms with Crippen LogP contribution in [-0.4, -0.2) is 37.0 Å². The van der Waals surface area contributed by atoms with Crippen molar-refractivity contribution in [2.45, 2.75) is 213 Å². The highest BCUT2D eigenvalue weighted by atomic mass is 16.6. The predicted molar refractivity (Wildman–Crippen MR) is 205 cm³/mol. The summed E-state index contributed by atoms with van der Waals surface area (Å²) in [6, 6.07) is 0. The van der Waals surface area contributed by atoms with E-state index in [-0.39, 0.29) is 12.6 Å². The fourth-order valence-corrected chi connectivity index (χ4v) is 5.82. The summed E-state index contributed by atoms with van der Waals surface area (Å²) in [5.41, 5.74) is 0. The van der Waals surface area contributed by atoms with Crippen LogP contribution in [0.1, 0.15) is 206 Å². The number of esters is 1. The Balaban J connectivity index is 3.45. The molecule has 1 atom stereocenters. The summed E-state index contributed by atoms with van der Waals surface area (Å²) in [5, 5.41) is 9.58. The summed E-state index contributed by atoms with van der Waals surface area (Å²) >= 11 is 0. The molecule has 4 nitrogen and oxygen atoms in total. The maximum Gasteiger partial charge on any atom is 0.306 e. The standard InChI is InChI=1S/C43H80O4/c1-3-5-7-9-11-13-15-17-19-21-22-24-26-28-30-32-34-36-38-43(45)47-42(40-44)41-46-39-37-35-33-31-29-27-25-23-20-18-16-14-12-10-8-6-4-2/h13,15,19-21,23,42,44H,3-12,14,16-18,22,24-41H2,1-2H3/b15-13-,21-19-,23-20-. The molecular formula is C43H80O4. The Kier molecular flexibility index (Phi) is 39.6. The minimum atomic E-state index is -0.540. The lowest BCUT2D eigenvalue weighted by molar-refractivity contribution is -0.154. The van der Waals surface area contributed by atoms with Gasteiger partial charge in [-0.2, -0.15) is 0 Å². The summed E-state index contributed by atoms with van der Waals surface area (Å²) in [4.78, 5) is 12.2. The second-order valence-electron chi connectivity index (χ2n) is 13.7. The maximum absolute atomic E-state index is 12.2. The van der Waals surface area contributed by atoms with Crippen molar-refractivity contribution in [2.75, 3.05) is 19.8 Å². The zero-order chi connectivity index (χ0) is 34.1. The SMILES string of the molecule is CCCCCC/C=C\C/C=C\CCCCCCCCCC(=O)OC(CO)COCCCCCCCC/C=C\CCCCCCCCC. The van der Waals surface area contributed by atoms with Gasteiger partial charge in [-0.15, -0.1) is 0 Å². The normalized spacial score (nSPS) is 12.7. The lowest BCUT2D eigenvalue weighted by atomic mass is 10.1. The number of ether oxygens (including phenoxy) is 2. The number of carbonyl (C=O) groups is 1. The third-order valence-electron chi connectivity index (χ3n) is 8.94. The largest absolute Gasteiger partial charge is 0.457 e. The van der Waals surface area contributed by atoms with Crippen molar-refractivity contribution in [3.8, 4) is 0 Å². The first-order valence-corrected chi connectivity index (χ1v) is 20.6. The van der Waals surface area contributed by atoms with Crippen molar-refractivity contribution in [3.63, 3.8) is 0 Å². The van der Waals surface area contributed by atoms with Gasteiger partial charge >= 0.3 is 5.97 Å². The monoisotopic (exact) mass is 661 g/mol. The molecule has 0 rings (SSSR count). The summed E-state index contributed by atoms with van der Waals surface area (Å²) in [7, 11) is 0. The lowest BCUT2D eigenvalue weighted by Crippen LogP contribution is -2.27. The molecule has 0 saturated carbocycles. The summed E-state index contributed by atoms with van der Waals surface area (Å²) < 4.78 is 11.1. The van der Waals surface area contributed by atoms with Crippen LogP contribution in [0, 0.1) is 0 Å². The van der Waals surface area contributed by atoms with Gasteiger partial charge in [-0.3, -0.25) is 4.79 Å². The van der Waals surface area contributed by atoms with Gasteiger partial charge in [0.15, 0.2) is 0 Å². The van der Waals surface area contributed by atoms with Gasteiger partial charge in [0.2, 0.25) is 0 Å². The van der Waals surface area contributed by atoms with Crippen molar-refractivity contribution < 1.29 is 19.4 Å². The minimum absolute atomic E-state index is 0.176. The highest BCUT2D eigenvalue weighted by Crippen LogP contribution is 2.13. The molecule has 1 unspecified atom stereocenters. The minimum Gasteiger partial charge on any atom is -0.457 e. The average molecular weight is 661 g/mol. The van der Waals surface area contributed by atoms with Gasteiger partial charge in [-0.25, -0.2) is 0 Å². The number of unbranched alkanes of at least 4 members (excludes halogenated alkanes) is 24. The van der Waals surface area contributed by atoms with E-state index in [0.717, 1.165) is 25.7 Å². The first-order chi connectivity index (χ1) is 23.2. The van der Waals surface area contributed by atoms with E-state index in [1.165, 1.54) is 161 Å². The summed E-state index contributed by atoms with van der Waals surface area (Å²) in [5.74, 6) is -0.210. The zero-order valence-electron chi connectivity index (χ0n) is 31.5. The second kappa shape index (κ2) is 40.8. The molecule has 47 heavy (non-hydrogen) atoms. The van der Waals surface area contributed by atoms with Crippen LogP contribution >= 0.6 is 0 Å². The van der Waals surface area contributed by atoms with Gasteiger partial charge < -0.3 is 14.6 Å². The first-order valence-electron chi connectivity index (χ1n) is 20.6. The van der Waals surface area contributed by atoms with Crippen LogP contribution in [0.25, 0.3) is 0 Å². The number of hydrogen-bond acceptors (Lipinski definition) is 4. The Hall–Kier alpha value is -1.39. The van der Waals surface area contributed by atoms with E-state index in [2.05, 4.69) is 50.3 Å². The Morgan fingerprint density at radius 2 is 0.894 bits per heavy atom. The number of carbonyl (C=O) groups excluding carboxylic acids is 1. The van der Waals surface area contributed by atoms with E-state index in [9.17, 15) is 9.90 Å². The molecular weight excluding hydrogens is 580 g/mol. The van der Waals surface area contributed by atoms with Crippen LogP contribution < -0.4 is 0 Å². The van der Waals surface area contributed by atoms with Crippen LogP contribution in [0.5, 0.6) is 0 Å². The molecule has 0 heterocycles. The molecule has 0 radical (unpaired) electrons. The number of hydrogen-bond donors (Lipinski definition) is 1. The lowest BCUT2D eigenvalue weighted by Gasteiger charge is -2.15. The number of rotatable bonds is 38. The Labute approximate surface area is 293 Å². The quantitative estimate of drug-likeness (QED) is 0.0407. The molecule has 0 spiro atoms. The van der Waals surface area contributed by atoms with Gasteiger partial charge in [-0.05, 0) is 70.6 Å². The fraction of sp³-hybridized carbons (Fsp3) is 0.837. The van der Waals surface area contributed by atoms with Crippen LogP contribution in [-0.2, 0) is 14.3 Å². The zero-order valence-corrected chi connectivity index (χ0v) is 31.5. The molecule has 0 amide bonds. The topological polar surface area (TPSA) is 55.8 Å². The first kappa shape index (κ1) is 45.6. The molecule has 4 heteroatoms. The van der Waals surface area contributed by atoms with Gasteiger partial charge in [0.1, 0.15) is 6.10 Å². The van der Waals surface area contributed by atoms with Gasteiger partial charge in [0, 0.05) is 13.0 Å². The molecule has 0 aliphatic rings. The van der Waals surface area contributed by atoms with E-state index in [1.54, 1.807) is 0 Å². The van der Waals surface area contributed by atoms with Crippen LogP contribution in [0.4, 0.5) is 0 Å². The molecule has 276 valence electrons. The molecule has 0 fully saturated rings. The van der Waals surface area contributed by atoms with Crippen LogP contribution in [0.2, 0.25) is 0 Å². The molecule has 0 aromatic carbocycles. The van der Waals surface area contributed by atoms with Gasteiger partial charge in [-0.1, -0.05) is 166 Å². The van der Waals surface area contributed by atoms with E-state index in [0.29, 0.717) is 19.6 Å². The number of allylic oxidation sites excluding steroid dienone is 6. The Morgan fingerprint density at radius 3 is 1.36 bits per heavy atom. The highest BCUT2D eigenvalue weighted by Gasteiger charge is 2.13. The second-order valence-corrected chi connectivity index (χ2v) is 13.7. The van der Waals surface area contributed by atoms with Crippen molar-refractivity contribution in [1.29, 1.82) is 0 Å². The smallest absolute Gasteiger partial charge is 0.306 e. The van der Waals surface area contributed by atoms with E-state index in [1.807, 2.05) is 0 Å². The third-order valence-corrected chi connectivity index (χ3v) is 8.94. The van der Waals surface area contributed by atoms with Crippen molar-refractivity contribution in [3.05, 3.63) is 36.5 Å². The predicted octanol–water partition coefficient (Wildman–Crippen LogP) is 13.3. The van der Waals surface area contributed by atoms with Gasteiger partial charge in [0.05, 0.1) is 13.2 Å². The molecule has 0 aliphatic heterocycles. The van der Waals surface area contributed by atoms with E-state index < -0.39 is 6.10 Å². The number of aliphatic hydroxyl groups is 1. The summed E-state index contributed by atoms with van der Waals surface area (Å²) in [6.45, 7) is 5.32. The van der Waals surface area contributed by atoms with Gasteiger partial charge in [0.25, 0.3) is 0 Å². The van der Waals surface area contributed by atoms with Crippen LogP contribution in [0.3, 0.4) is 0 Å². The molecule has 0 aromatic heterocycles. The molecule has 1 N–H and O–H groups in total. The maximum atomic E-state index is 12.2. The Bertz CT molecular complexity index is 698. The van der Waals surface area contributed by atoms with Crippen LogP contribution in [0.15, 0.2) is 36.5 Å². The molecule has 0 aromatic rings. The molecule has 0 bridgehead atoms. The molecule has 0 aliphatic carbocycles. The fourth-order valence-electron chi connectivity index (χ4n) is 5.82. The van der Waals surface area contributed by atoms with Crippen molar-refractivity contribution >= 4 is 5.97 Å². The van der Waals surface area contributed by atoms with Crippen molar-refractivity contribution in [1.82, 2.24) is 0 Å². The summed E-state index contributed by atoms with van der Waals surface area (Å²) in [6.07, 6.45) is 50.5. The van der Waals surface area contributed by atoms with E-state index in [4.69, 9.17) is 9.47 Å². The molecule has 0 saturated heterocycles. The van der Waals surface area contributed by atoms with E-state index >= 15 is 0 Å².